The second-order valence-corrected chi connectivity index (χ2v) is 7.01. The molecule has 5 aromatic rings. The summed E-state index contributed by atoms with van der Waals surface area (Å²) in [5, 5.41) is 19.3. The van der Waals surface area contributed by atoms with E-state index < -0.39 is 0 Å². The van der Waals surface area contributed by atoms with Gasteiger partial charge in [0, 0.05) is 39.4 Å². The SMILES string of the molecule is Clc1ccc(Nc2nnc(-c3ccc(-n4cccn4)cc3)c3ccccc23)cc1. The van der Waals surface area contributed by atoms with Gasteiger partial charge in [-0.2, -0.15) is 5.10 Å². The molecule has 29 heavy (non-hydrogen) atoms. The molecule has 2 heterocycles. The zero-order chi connectivity index (χ0) is 19.6. The van der Waals surface area contributed by atoms with Crippen LogP contribution in [0.4, 0.5) is 11.5 Å². The van der Waals surface area contributed by atoms with Crippen LogP contribution in [0, 0.1) is 0 Å². The number of nitrogens with one attached hydrogen (secondary N) is 1. The Balaban J connectivity index is 1.54. The van der Waals surface area contributed by atoms with E-state index in [0.717, 1.165) is 33.4 Å². The van der Waals surface area contributed by atoms with Gasteiger partial charge >= 0.3 is 0 Å². The molecule has 5 nitrogen and oxygen atoms in total. The molecular formula is C23H16ClN5. The summed E-state index contributed by atoms with van der Waals surface area (Å²) in [7, 11) is 0. The topological polar surface area (TPSA) is 55.6 Å². The highest BCUT2D eigenvalue weighted by Crippen LogP contribution is 2.31. The van der Waals surface area contributed by atoms with Gasteiger partial charge in [-0.05, 0) is 42.5 Å². The molecule has 0 aliphatic rings. The number of aromatic nitrogens is 4. The molecule has 0 unspecified atom stereocenters. The second-order valence-electron chi connectivity index (χ2n) is 6.57. The molecule has 2 aromatic heterocycles. The number of benzene rings is 3. The molecule has 0 saturated carbocycles. The Hall–Kier alpha value is -3.70. The molecule has 0 amide bonds. The first kappa shape index (κ1) is 17.4. The molecule has 0 saturated heterocycles. The van der Waals surface area contributed by atoms with Crippen LogP contribution in [0.1, 0.15) is 0 Å². The molecule has 140 valence electrons. The van der Waals surface area contributed by atoms with E-state index in [1.165, 1.54) is 0 Å². The van der Waals surface area contributed by atoms with Gasteiger partial charge in [-0.3, -0.25) is 0 Å². The predicted octanol–water partition coefficient (Wildman–Crippen LogP) is 5.88. The van der Waals surface area contributed by atoms with Crippen LogP contribution >= 0.6 is 11.6 Å². The summed E-state index contributed by atoms with van der Waals surface area (Å²) in [5.41, 5.74) is 3.75. The van der Waals surface area contributed by atoms with Crippen LogP contribution in [0.2, 0.25) is 5.02 Å². The average Bonchev–Trinajstić information content (AvgIpc) is 3.31. The maximum Gasteiger partial charge on any atom is 0.161 e. The molecule has 3 aromatic carbocycles. The van der Waals surface area contributed by atoms with Crippen LogP contribution in [0.25, 0.3) is 27.7 Å². The van der Waals surface area contributed by atoms with E-state index in [-0.39, 0.29) is 0 Å². The van der Waals surface area contributed by atoms with Crippen LogP contribution in [0.3, 0.4) is 0 Å². The molecule has 5 rings (SSSR count). The van der Waals surface area contributed by atoms with Gasteiger partial charge in [0.2, 0.25) is 0 Å². The van der Waals surface area contributed by atoms with Gasteiger partial charge in [-0.15, -0.1) is 10.2 Å². The predicted molar refractivity (Wildman–Crippen MR) is 117 cm³/mol. The Morgan fingerprint density at radius 2 is 1.52 bits per heavy atom. The molecule has 0 atom stereocenters. The van der Waals surface area contributed by atoms with Crippen LogP contribution in [-0.4, -0.2) is 20.0 Å². The maximum atomic E-state index is 5.98. The van der Waals surface area contributed by atoms with Gasteiger partial charge in [-0.1, -0.05) is 48.0 Å². The molecule has 6 heteroatoms. The number of hydrogen-bond acceptors (Lipinski definition) is 4. The van der Waals surface area contributed by atoms with Gasteiger partial charge in [0.05, 0.1) is 5.69 Å². The van der Waals surface area contributed by atoms with Crippen LogP contribution in [0.15, 0.2) is 91.3 Å². The van der Waals surface area contributed by atoms with Crippen molar-refractivity contribution in [3.05, 3.63) is 96.3 Å². The lowest BCUT2D eigenvalue weighted by Crippen LogP contribution is -1.99. The van der Waals surface area contributed by atoms with Gasteiger partial charge in [0.25, 0.3) is 0 Å². The molecule has 0 aliphatic carbocycles. The van der Waals surface area contributed by atoms with Crippen LogP contribution in [0.5, 0.6) is 0 Å². The summed E-state index contributed by atoms with van der Waals surface area (Å²) < 4.78 is 1.83. The Morgan fingerprint density at radius 3 is 2.24 bits per heavy atom. The first-order valence-electron chi connectivity index (χ1n) is 9.16. The normalized spacial score (nSPS) is 10.9. The smallest absolute Gasteiger partial charge is 0.161 e. The monoisotopic (exact) mass is 397 g/mol. The van der Waals surface area contributed by atoms with Crippen molar-refractivity contribution in [3.8, 4) is 16.9 Å². The van der Waals surface area contributed by atoms with Gasteiger partial charge in [0.1, 0.15) is 5.69 Å². The largest absolute Gasteiger partial charge is 0.338 e. The molecule has 0 radical (unpaired) electrons. The van der Waals surface area contributed by atoms with Crippen LogP contribution < -0.4 is 5.32 Å². The molecule has 1 N–H and O–H groups in total. The van der Waals surface area contributed by atoms with Crippen molar-refractivity contribution in [2.45, 2.75) is 0 Å². The number of halogens is 1. The molecule has 0 bridgehead atoms. The fourth-order valence-corrected chi connectivity index (χ4v) is 3.40. The third-order valence-corrected chi connectivity index (χ3v) is 4.96. The summed E-state index contributed by atoms with van der Waals surface area (Å²) in [6, 6.07) is 25.7. The zero-order valence-corrected chi connectivity index (χ0v) is 16.1. The zero-order valence-electron chi connectivity index (χ0n) is 15.3. The Morgan fingerprint density at radius 1 is 0.759 bits per heavy atom. The van der Waals surface area contributed by atoms with Gasteiger partial charge in [-0.25, -0.2) is 4.68 Å². The van der Waals surface area contributed by atoms with Crippen molar-refractivity contribution in [1.29, 1.82) is 0 Å². The minimum Gasteiger partial charge on any atom is -0.338 e. The fraction of sp³-hybridized carbons (Fsp3) is 0. The lowest BCUT2D eigenvalue weighted by atomic mass is 10.0. The van der Waals surface area contributed by atoms with Crippen molar-refractivity contribution >= 4 is 33.9 Å². The highest BCUT2D eigenvalue weighted by atomic mass is 35.5. The number of rotatable bonds is 4. The van der Waals surface area contributed by atoms with Crippen molar-refractivity contribution in [2.24, 2.45) is 0 Å². The number of anilines is 2. The number of fused-ring (bicyclic) bond motifs is 1. The van der Waals surface area contributed by atoms with E-state index in [2.05, 4.69) is 26.7 Å². The third-order valence-electron chi connectivity index (χ3n) is 4.70. The maximum absolute atomic E-state index is 5.98. The number of nitrogens with zero attached hydrogens (tertiary/aromatic N) is 4. The van der Waals surface area contributed by atoms with Gasteiger partial charge < -0.3 is 5.32 Å². The first-order chi connectivity index (χ1) is 14.3. The average molecular weight is 398 g/mol. The van der Waals surface area contributed by atoms with E-state index in [4.69, 9.17) is 11.6 Å². The van der Waals surface area contributed by atoms with Gasteiger partial charge in [0.15, 0.2) is 5.82 Å². The quantitative estimate of drug-likeness (QED) is 0.411. The molecule has 0 aliphatic heterocycles. The van der Waals surface area contributed by atoms with Crippen LogP contribution in [-0.2, 0) is 0 Å². The minimum absolute atomic E-state index is 0.695. The standard InChI is InChI=1S/C23H16ClN5/c24-17-8-10-18(11-9-17)26-23-21-5-2-1-4-20(21)22(27-28-23)16-6-12-19(13-7-16)29-15-3-14-25-29/h1-15H,(H,26,28). The van der Waals surface area contributed by atoms with Crippen molar-refractivity contribution < 1.29 is 0 Å². The third kappa shape index (κ3) is 3.44. The van der Waals surface area contributed by atoms with Crippen molar-refractivity contribution in [2.75, 3.05) is 5.32 Å². The minimum atomic E-state index is 0.695. The lowest BCUT2D eigenvalue weighted by molar-refractivity contribution is 0.880. The molecule has 0 spiro atoms. The van der Waals surface area contributed by atoms with E-state index in [1.807, 2.05) is 83.7 Å². The highest BCUT2D eigenvalue weighted by Gasteiger charge is 2.11. The Labute approximate surface area is 172 Å². The van der Waals surface area contributed by atoms with E-state index in [9.17, 15) is 0 Å². The Kier molecular flexibility index (Phi) is 4.42. The summed E-state index contributed by atoms with van der Waals surface area (Å²) >= 11 is 5.98. The van der Waals surface area contributed by atoms with Crippen molar-refractivity contribution in [1.82, 2.24) is 20.0 Å². The Bertz CT molecular complexity index is 1260. The van der Waals surface area contributed by atoms with E-state index in [1.54, 1.807) is 6.20 Å². The van der Waals surface area contributed by atoms with E-state index >= 15 is 0 Å². The summed E-state index contributed by atoms with van der Waals surface area (Å²) in [6.07, 6.45) is 3.68. The fourth-order valence-electron chi connectivity index (χ4n) is 3.27. The summed E-state index contributed by atoms with van der Waals surface area (Å²) in [6.45, 7) is 0. The second kappa shape index (κ2) is 7.37. The lowest BCUT2D eigenvalue weighted by Gasteiger charge is -2.11. The first-order valence-corrected chi connectivity index (χ1v) is 9.54. The van der Waals surface area contributed by atoms with Crippen molar-refractivity contribution in [3.63, 3.8) is 0 Å². The summed E-state index contributed by atoms with van der Waals surface area (Å²) in [4.78, 5) is 0. The highest BCUT2D eigenvalue weighted by molar-refractivity contribution is 6.30. The number of hydrogen-bond donors (Lipinski definition) is 1. The molecule has 0 fully saturated rings. The summed E-state index contributed by atoms with van der Waals surface area (Å²) in [5.74, 6) is 0.708. The molecular weight excluding hydrogens is 382 g/mol. The van der Waals surface area contributed by atoms with E-state index in [0.29, 0.717) is 10.8 Å².